The topological polar surface area (TPSA) is 123 Å². The predicted molar refractivity (Wildman–Crippen MR) is 125 cm³/mol. The molecule has 1 aliphatic heterocycles. The molecule has 0 unspecified atom stereocenters. The molecule has 2 aromatic carbocycles. The van der Waals surface area contributed by atoms with E-state index in [4.69, 9.17) is 9.47 Å². The van der Waals surface area contributed by atoms with Crippen LogP contribution in [0.4, 0.5) is 11.4 Å². The second kappa shape index (κ2) is 11.2. The third kappa shape index (κ3) is 6.73. The van der Waals surface area contributed by atoms with E-state index < -0.39 is 14.9 Å². The molecule has 0 spiro atoms. The number of hydrogen-bond acceptors (Lipinski definition) is 8. The molecule has 11 heteroatoms. The highest BCUT2D eigenvalue weighted by atomic mass is 32.2. The summed E-state index contributed by atoms with van der Waals surface area (Å²) in [6, 6.07) is 11.0. The summed E-state index contributed by atoms with van der Waals surface area (Å²) < 4.78 is 38.4. The van der Waals surface area contributed by atoms with Gasteiger partial charge in [0, 0.05) is 25.2 Å². The summed E-state index contributed by atoms with van der Waals surface area (Å²) in [4.78, 5) is 10.4. The molecule has 0 radical (unpaired) electrons. The number of non-ortho nitro benzene ring substituents is 1. The Hall–Kier alpha value is -3.02. The highest BCUT2D eigenvalue weighted by Crippen LogP contribution is 2.29. The number of benzene rings is 2. The summed E-state index contributed by atoms with van der Waals surface area (Å²) >= 11 is 0. The molecule has 33 heavy (non-hydrogen) atoms. The summed E-state index contributed by atoms with van der Waals surface area (Å²) in [7, 11) is -3.97. The number of anilines is 1. The van der Waals surface area contributed by atoms with Crippen molar-refractivity contribution in [3.63, 3.8) is 0 Å². The van der Waals surface area contributed by atoms with Gasteiger partial charge in [-0.05, 0) is 48.2 Å². The van der Waals surface area contributed by atoms with Gasteiger partial charge in [-0.2, -0.15) is 9.41 Å². The lowest BCUT2D eigenvalue weighted by Gasteiger charge is -2.26. The Morgan fingerprint density at radius 1 is 1.21 bits per heavy atom. The summed E-state index contributed by atoms with van der Waals surface area (Å²) in [5.74, 6) is 1.33. The summed E-state index contributed by atoms with van der Waals surface area (Å²) in [5.41, 5.74) is 3.32. The van der Waals surface area contributed by atoms with Crippen molar-refractivity contribution >= 4 is 27.6 Å². The second-order valence-corrected chi connectivity index (χ2v) is 9.83. The lowest BCUT2D eigenvalue weighted by molar-refractivity contribution is -0.385. The van der Waals surface area contributed by atoms with Gasteiger partial charge in [-0.25, -0.2) is 8.42 Å². The van der Waals surface area contributed by atoms with Crippen LogP contribution in [0.2, 0.25) is 0 Å². The molecule has 0 bridgehead atoms. The third-order valence-corrected chi connectivity index (χ3v) is 6.95. The summed E-state index contributed by atoms with van der Waals surface area (Å²) in [6.07, 6.45) is 2.50. The molecule has 178 valence electrons. The van der Waals surface area contributed by atoms with E-state index in [2.05, 4.69) is 24.4 Å². The number of nitrogens with one attached hydrogen (secondary N) is 1. The molecule has 1 fully saturated rings. The number of sulfonamides is 1. The molecule has 0 saturated carbocycles. The van der Waals surface area contributed by atoms with Crippen LogP contribution >= 0.6 is 0 Å². The summed E-state index contributed by atoms with van der Waals surface area (Å²) in [5, 5.41) is 15.3. The number of nitro benzene ring substituents is 1. The van der Waals surface area contributed by atoms with Crippen LogP contribution in [-0.4, -0.2) is 56.8 Å². The molecule has 1 aliphatic rings. The van der Waals surface area contributed by atoms with Gasteiger partial charge in [0.1, 0.15) is 10.6 Å². The van der Waals surface area contributed by atoms with E-state index in [9.17, 15) is 18.5 Å². The number of ether oxygens (including phenoxy) is 2. The second-order valence-electron chi connectivity index (χ2n) is 7.92. The number of nitrogens with zero attached hydrogens (tertiary/aromatic N) is 3. The molecule has 1 N–H and O–H groups in total. The van der Waals surface area contributed by atoms with Crippen molar-refractivity contribution in [1.82, 2.24) is 4.31 Å². The molecule has 0 atom stereocenters. The van der Waals surface area contributed by atoms with Gasteiger partial charge in [0.05, 0.1) is 36.6 Å². The maximum atomic E-state index is 13.1. The molecule has 2 aromatic rings. The quantitative estimate of drug-likeness (QED) is 0.316. The molecule has 0 aliphatic carbocycles. The SMILES string of the molecule is CC(C)CCOc1ccc(C=NNc2ccc([N+](=O)[O-])cc2S(=O)(=O)N2CCOCC2)cc1. The van der Waals surface area contributed by atoms with Crippen LogP contribution in [0.1, 0.15) is 25.8 Å². The first-order chi connectivity index (χ1) is 15.8. The van der Waals surface area contributed by atoms with Crippen molar-refractivity contribution in [2.45, 2.75) is 25.2 Å². The van der Waals surface area contributed by atoms with Gasteiger partial charge < -0.3 is 9.47 Å². The van der Waals surface area contributed by atoms with Crippen LogP contribution in [0.15, 0.2) is 52.5 Å². The molecule has 10 nitrogen and oxygen atoms in total. The molecule has 0 amide bonds. The minimum atomic E-state index is -3.97. The van der Waals surface area contributed by atoms with Crippen LogP contribution in [0, 0.1) is 16.0 Å². The number of nitro groups is 1. The summed E-state index contributed by atoms with van der Waals surface area (Å²) in [6.45, 7) is 5.82. The molecule has 1 heterocycles. The van der Waals surface area contributed by atoms with Gasteiger partial charge in [-0.3, -0.25) is 15.5 Å². The number of hydrazone groups is 1. The van der Waals surface area contributed by atoms with E-state index in [0.29, 0.717) is 12.5 Å². The van der Waals surface area contributed by atoms with Crippen molar-refractivity contribution in [3.05, 3.63) is 58.1 Å². The fraction of sp³-hybridized carbons (Fsp3) is 0.409. The first kappa shape index (κ1) is 24.6. The molecule has 3 rings (SSSR count). The van der Waals surface area contributed by atoms with Gasteiger partial charge in [0.25, 0.3) is 5.69 Å². The van der Waals surface area contributed by atoms with E-state index >= 15 is 0 Å². The average molecular weight is 477 g/mol. The minimum Gasteiger partial charge on any atom is -0.494 e. The first-order valence-electron chi connectivity index (χ1n) is 10.7. The smallest absolute Gasteiger partial charge is 0.270 e. The Morgan fingerprint density at radius 3 is 2.55 bits per heavy atom. The van der Waals surface area contributed by atoms with Crippen LogP contribution in [0.5, 0.6) is 5.75 Å². The van der Waals surface area contributed by atoms with Crippen molar-refractivity contribution < 1.29 is 22.8 Å². The third-order valence-electron chi connectivity index (χ3n) is 5.01. The Labute approximate surface area is 193 Å². The zero-order valence-corrected chi connectivity index (χ0v) is 19.5. The standard InChI is InChI=1S/C22H28N4O6S/c1-17(2)9-12-32-20-6-3-18(4-7-20)16-23-24-21-8-5-19(26(27)28)15-22(21)33(29,30)25-10-13-31-14-11-25/h3-8,15-17,24H,9-14H2,1-2H3. The first-order valence-corrected chi connectivity index (χ1v) is 12.1. The highest BCUT2D eigenvalue weighted by molar-refractivity contribution is 7.89. The van der Waals surface area contributed by atoms with E-state index in [0.717, 1.165) is 23.8 Å². The lowest BCUT2D eigenvalue weighted by atomic mass is 10.1. The zero-order chi connectivity index (χ0) is 23.8. The molecular formula is C22H28N4O6S. The van der Waals surface area contributed by atoms with Gasteiger partial charge in [0.2, 0.25) is 10.0 Å². The Bertz CT molecular complexity index is 1080. The largest absolute Gasteiger partial charge is 0.494 e. The maximum absolute atomic E-state index is 13.1. The van der Waals surface area contributed by atoms with Gasteiger partial charge in [-0.1, -0.05) is 13.8 Å². The fourth-order valence-electron chi connectivity index (χ4n) is 3.10. The van der Waals surface area contributed by atoms with E-state index in [-0.39, 0.29) is 42.6 Å². The maximum Gasteiger partial charge on any atom is 0.270 e. The molecule has 1 saturated heterocycles. The van der Waals surface area contributed by atoms with E-state index in [1.54, 1.807) is 0 Å². The predicted octanol–water partition coefficient (Wildman–Crippen LogP) is 3.49. The normalized spacial score (nSPS) is 15.1. The van der Waals surface area contributed by atoms with Crippen LogP contribution < -0.4 is 10.2 Å². The Morgan fingerprint density at radius 2 is 1.91 bits per heavy atom. The van der Waals surface area contributed by atoms with Crippen LogP contribution in [-0.2, 0) is 14.8 Å². The van der Waals surface area contributed by atoms with Crippen molar-refractivity contribution in [1.29, 1.82) is 0 Å². The lowest BCUT2D eigenvalue weighted by Crippen LogP contribution is -2.40. The van der Waals surface area contributed by atoms with Crippen molar-refractivity contribution in [2.75, 3.05) is 38.3 Å². The number of hydrogen-bond donors (Lipinski definition) is 1. The fourth-order valence-corrected chi connectivity index (χ4v) is 4.66. The van der Waals surface area contributed by atoms with Gasteiger partial charge in [0.15, 0.2) is 0 Å². The average Bonchev–Trinajstić information content (AvgIpc) is 2.80. The van der Waals surface area contributed by atoms with Gasteiger partial charge >= 0.3 is 0 Å². The van der Waals surface area contributed by atoms with Crippen molar-refractivity contribution in [2.24, 2.45) is 11.0 Å². The van der Waals surface area contributed by atoms with Gasteiger partial charge in [-0.15, -0.1) is 0 Å². The number of rotatable bonds is 10. The highest BCUT2D eigenvalue weighted by Gasteiger charge is 2.30. The zero-order valence-electron chi connectivity index (χ0n) is 18.6. The van der Waals surface area contributed by atoms with Crippen LogP contribution in [0.3, 0.4) is 0 Å². The van der Waals surface area contributed by atoms with E-state index in [1.807, 2.05) is 24.3 Å². The monoisotopic (exact) mass is 476 g/mol. The van der Waals surface area contributed by atoms with Crippen molar-refractivity contribution in [3.8, 4) is 5.75 Å². The van der Waals surface area contributed by atoms with E-state index in [1.165, 1.54) is 22.7 Å². The molecule has 0 aromatic heterocycles. The Kier molecular flexibility index (Phi) is 8.37. The number of morpholine rings is 1. The Balaban J connectivity index is 1.75. The van der Waals surface area contributed by atoms with Crippen LogP contribution in [0.25, 0.3) is 0 Å². The molecular weight excluding hydrogens is 448 g/mol. The minimum absolute atomic E-state index is 0.150.